The van der Waals surface area contributed by atoms with Gasteiger partial charge in [0.2, 0.25) is 0 Å². The summed E-state index contributed by atoms with van der Waals surface area (Å²) >= 11 is 0. The molecule has 0 aromatic carbocycles. The molecule has 4 heterocycles. The Bertz CT molecular complexity index is 521. The highest BCUT2D eigenvalue weighted by atomic mass is 16.5. The van der Waals surface area contributed by atoms with E-state index in [4.69, 9.17) is 14.2 Å². The van der Waals surface area contributed by atoms with Crippen LogP contribution in [0.5, 0.6) is 0 Å². The van der Waals surface area contributed by atoms with Crippen molar-refractivity contribution in [2.24, 2.45) is 5.92 Å². The number of fused-ring (bicyclic) bond motifs is 1. The summed E-state index contributed by atoms with van der Waals surface area (Å²) in [5, 5.41) is 0. The Hall–Kier alpha value is -1.01. The lowest BCUT2D eigenvalue weighted by atomic mass is 9.99. The molecular weight excluding hydrogens is 316 g/mol. The van der Waals surface area contributed by atoms with Crippen molar-refractivity contribution >= 4 is 0 Å². The molecule has 0 amide bonds. The van der Waals surface area contributed by atoms with Crippen LogP contribution in [0.1, 0.15) is 37.7 Å². The molecule has 1 aromatic heterocycles. The molecule has 3 aliphatic heterocycles. The molecule has 5 nitrogen and oxygen atoms in total. The zero-order chi connectivity index (χ0) is 16.9. The summed E-state index contributed by atoms with van der Waals surface area (Å²) in [6, 6.07) is 4.75. The molecule has 3 aliphatic rings. The van der Waals surface area contributed by atoms with E-state index < -0.39 is 0 Å². The molecule has 1 aromatic rings. The van der Waals surface area contributed by atoms with Gasteiger partial charge in [0.05, 0.1) is 18.8 Å². The number of hydrogen-bond acceptors (Lipinski definition) is 5. The molecule has 0 spiro atoms. The minimum atomic E-state index is 0.277. The second kappa shape index (κ2) is 8.58. The van der Waals surface area contributed by atoms with Crippen molar-refractivity contribution in [3.05, 3.63) is 30.1 Å². The lowest BCUT2D eigenvalue weighted by Crippen LogP contribution is -2.43. The fourth-order valence-electron chi connectivity index (χ4n) is 4.41. The maximum atomic E-state index is 6.36. The molecule has 4 rings (SSSR count). The third kappa shape index (κ3) is 4.59. The van der Waals surface area contributed by atoms with E-state index in [1.165, 1.54) is 12.0 Å². The quantitative estimate of drug-likeness (QED) is 0.792. The standard InChI is InChI=1S/C20H30N2O3/c1-2-17(12-21-8-1)13-22-9-5-20-19(22)4-3-18(25-20)15-24-14-16-6-10-23-11-7-16/h1-2,8,12,16,18-20H,3-7,9-11,13-15H2/t18-,19+,20+/m0/s1. The second-order valence-electron chi connectivity index (χ2n) is 7.65. The van der Waals surface area contributed by atoms with E-state index in [1.807, 2.05) is 18.5 Å². The van der Waals surface area contributed by atoms with E-state index in [1.54, 1.807) is 0 Å². The monoisotopic (exact) mass is 346 g/mol. The van der Waals surface area contributed by atoms with E-state index >= 15 is 0 Å². The van der Waals surface area contributed by atoms with E-state index in [9.17, 15) is 0 Å². The Morgan fingerprint density at radius 1 is 1.12 bits per heavy atom. The zero-order valence-corrected chi connectivity index (χ0v) is 15.0. The van der Waals surface area contributed by atoms with Crippen molar-refractivity contribution in [3.63, 3.8) is 0 Å². The molecule has 0 unspecified atom stereocenters. The summed E-state index contributed by atoms with van der Waals surface area (Å²) < 4.78 is 17.7. The Balaban J connectivity index is 1.20. The van der Waals surface area contributed by atoms with E-state index in [-0.39, 0.29) is 6.10 Å². The first-order valence-electron chi connectivity index (χ1n) is 9.82. The van der Waals surface area contributed by atoms with Gasteiger partial charge in [0, 0.05) is 51.3 Å². The minimum absolute atomic E-state index is 0.277. The smallest absolute Gasteiger partial charge is 0.0813 e. The lowest BCUT2D eigenvalue weighted by molar-refractivity contribution is -0.105. The van der Waals surface area contributed by atoms with Gasteiger partial charge in [-0.3, -0.25) is 9.88 Å². The maximum Gasteiger partial charge on any atom is 0.0813 e. The molecule has 0 saturated carbocycles. The largest absolute Gasteiger partial charge is 0.381 e. The van der Waals surface area contributed by atoms with Gasteiger partial charge in [-0.1, -0.05) is 6.07 Å². The predicted molar refractivity (Wildman–Crippen MR) is 95.3 cm³/mol. The normalized spacial score (nSPS) is 31.1. The minimum Gasteiger partial charge on any atom is -0.381 e. The van der Waals surface area contributed by atoms with Gasteiger partial charge >= 0.3 is 0 Å². The van der Waals surface area contributed by atoms with Crippen LogP contribution in [0.15, 0.2) is 24.5 Å². The van der Waals surface area contributed by atoms with Crippen LogP contribution in [0.4, 0.5) is 0 Å². The highest BCUT2D eigenvalue weighted by molar-refractivity contribution is 5.09. The number of rotatable bonds is 6. The Morgan fingerprint density at radius 2 is 2.04 bits per heavy atom. The highest BCUT2D eigenvalue weighted by Crippen LogP contribution is 2.32. The summed E-state index contributed by atoms with van der Waals surface area (Å²) in [6.45, 7) is 5.52. The van der Waals surface area contributed by atoms with Crippen molar-refractivity contribution in [2.75, 3.05) is 33.0 Å². The molecule has 3 saturated heterocycles. The van der Waals surface area contributed by atoms with Crippen LogP contribution in [0.25, 0.3) is 0 Å². The second-order valence-corrected chi connectivity index (χ2v) is 7.65. The van der Waals surface area contributed by atoms with Crippen molar-refractivity contribution < 1.29 is 14.2 Å². The van der Waals surface area contributed by atoms with Crippen LogP contribution in [0.2, 0.25) is 0 Å². The van der Waals surface area contributed by atoms with Gasteiger partial charge in [-0.25, -0.2) is 0 Å². The first-order chi connectivity index (χ1) is 12.4. The first-order valence-corrected chi connectivity index (χ1v) is 9.82. The topological polar surface area (TPSA) is 43.8 Å². The molecule has 3 atom stereocenters. The average Bonchev–Trinajstić information content (AvgIpc) is 3.06. The number of ether oxygens (including phenoxy) is 3. The summed E-state index contributed by atoms with van der Waals surface area (Å²) in [7, 11) is 0. The van der Waals surface area contributed by atoms with Crippen LogP contribution in [-0.4, -0.2) is 61.1 Å². The van der Waals surface area contributed by atoms with Crippen LogP contribution < -0.4 is 0 Å². The molecule has 0 bridgehead atoms. The summed E-state index contributed by atoms with van der Waals surface area (Å²) in [5.41, 5.74) is 1.30. The molecule has 5 heteroatoms. The van der Waals surface area contributed by atoms with Gasteiger partial charge in [-0.2, -0.15) is 0 Å². The third-order valence-corrected chi connectivity index (χ3v) is 5.86. The SMILES string of the molecule is c1cncc(CN2CC[C@H]3O[C@H](COCC4CCOCC4)CC[C@H]32)c1. The van der Waals surface area contributed by atoms with Gasteiger partial charge < -0.3 is 14.2 Å². The van der Waals surface area contributed by atoms with Gasteiger partial charge in [-0.05, 0) is 49.7 Å². The fraction of sp³-hybridized carbons (Fsp3) is 0.750. The fourth-order valence-corrected chi connectivity index (χ4v) is 4.41. The summed E-state index contributed by atoms with van der Waals surface area (Å²) in [5.74, 6) is 0.673. The number of aromatic nitrogens is 1. The molecular formula is C20H30N2O3. The van der Waals surface area contributed by atoms with Gasteiger partial charge in [0.1, 0.15) is 0 Å². The van der Waals surface area contributed by atoms with E-state index in [2.05, 4.69) is 16.0 Å². The third-order valence-electron chi connectivity index (χ3n) is 5.86. The van der Waals surface area contributed by atoms with Crippen LogP contribution >= 0.6 is 0 Å². The van der Waals surface area contributed by atoms with Gasteiger partial charge in [0.15, 0.2) is 0 Å². The van der Waals surface area contributed by atoms with Crippen LogP contribution in [0.3, 0.4) is 0 Å². The Morgan fingerprint density at radius 3 is 2.88 bits per heavy atom. The lowest BCUT2D eigenvalue weighted by Gasteiger charge is -2.36. The Kier molecular flexibility index (Phi) is 5.98. The summed E-state index contributed by atoms with van der Waals surface area (Å²) in [4.78, 5) is 6.80. The molecule has 138 valence electrons. The summed E-state index contributed by atoms with van der Waals surface area (Å²) in [6.07, 6.45) is 10.2. The van der Waals surface area contributed by atoms with E-state index in [0.29, 0.717) is 18.1 Å². The average molecular weight is 346 g/mol. The molecule has 0 radical (unpaired) electrons. The Labute approximate surface area is 150 Å². The number of likely N-dealkylation sites (tertiary alicyclic amines) is 1. The molecule has 3 fully saturated rings. The van der Waals surface area contributed by atoms with Crippen LogP contribution in [0, 0.1) is 5.92 Å². The predicted octanol–water partition coefficient (Wildman–Crippen LogP) is 2.65. The molecule has 25 heavy (non-hydrogen) atoms. The zero-order valence-electron chi connectivity index (χ0n) is 15.0. The highest BCUT2D eigenvalue weighted by Gasteiger charge is 2.39. The molecule has 0 N–H and O–H groups in total. The number of nitrogens with zero attached hydrogens (tertiary/aromatic N) is 2. The van der Waals surface area contributed by atoms with Crippen LogP contribution in [-0.2, 0) is 20.8 Å². The first kappa shape index (κ1) is 17.4. The van der Waals surface area contributed by atoms with Crippen molar-refractivity contribution in [3.8, 4) is 0 Å². The van der Waals surface area contributed by atoms with Crippen molar-refractivity contribution in [1.29, 1.82) is 0 Å². The molecule has 0 aliphatic carbocycles. The van der Waals surface area contributed by atoms with Crippen molar-refractivity contribution in [2.45, 2.75) is 56.9 Å². The van der Waals surface area contributed by atoms with E-state index in [0.717, 1.165) is 65.2 Å². The number of pyridine rings is 1. The van der Waals surface area contributed by atoms with Crippen molar-refractivity contribution in [1.82, 2.24) is 9.88 Å². The maximum absolute atomic E-state index is 6.36. The van der Waals surface area contributed by atoms with Gasteiger partial charge in [-0.15, -0.1) is 0 Å². The van der Waals surface area contributed by atoms with Gasteiger partial charge in [0.25, 0.3) is 0 Å². The number of hydrogen-bond donors (Lipinski definition) is 0.